The molecule has 2 heterocycles. The van der Waals surface area contributed by atoms with E-state index in [0.717, 1.165) is 12.0 Å². The van der Waals surface area contributed by atoms with Crippen molar-refractivity contribution in [1.82, 2.24) is 24.3 Å². The van der Waals surface area contributed by atoms with Crippen LogP contribution in [-0.2, 0) is 22.9 Å². The van der Waals surface area contributed by atoms with Gasteiger partial charge < -0.3 is 14.8 Å². The number of fused-ring (bicyclic) bond motifs is 1. The molecule has 0 aliphatic rings. The van der Waals surface area contributed by atoms with Crippen molar-refractivity contribution in [3.8, 4) is 22.9 Å². The highest BCUT2D eigenvalue weighted by molar-refractivity contribution is 7.89. The topological polar surface area (TPSA) is 139 Å². The van der Waals surface area contributed by atoms with E-state index in [0.29, 0.717) is 47.8 Å². The molecule has 0 amide bonds. The number of benzene rings is 2. The zero-order chi connectivity index (χ0) is 25.9. The predicted molar refractivity (Wildman–Crippen MR) is 136 cm³/mol. The summed E-state index contributed by atoms with van der Waals surface area (Å²) < 4.78 is 36.0. The number of phenols is 1. The van der Waals surface area contributed by atoms with E-state index in [2.05, 4.69) is 19.8 Å². The zero-order valence-electron chi connectivity index (χ0n) is 20.4. The van der Waals surface area contributed by atoms with E-state index in [-0.39, 0.29) is 28.6 Å². The third-order valence-corrected chi connectivity index (χ3v) is 7.13. The summed E-state index contributed by atoms with van der Waals surface area (Å²) in [7, 11) is -3.86. The van der Waals surface area contributed by atoms with Crippen molar-refractivity contribution in [2.24, 2.45) is 0 Å². The van der Waals surface area contributed by atoms with E-state index in [1.807, 2.05) is 13.8 Å². The molecule has 3 N–H and O–H groups in total. The first-order valence-electron chi connectivity index (χ1n) is 11.8. The Kier molecular flexibility index (Phi) is 7.41. The van der Waals surface area contributed by atoms with Crippen LogP contribution in [0.15, 0.2) is 52.2 Å². The van der Waals surface area contributed by atoms with E-state index in [4.69, 9.17) is 4.74 Å². The van der Waals surface area contributed by atoms with Crippen LogP contribution >= 0.6 is 0 Å². The van der Waals surface area contributed by atoms with E-state index >= 15 is 0 Å². The lowest BCUT2D eigenvalue weighted by Crippen LogP contribution is -2.26. The van der Waals surface area contributed by atoms with Crippen molar-refractivity contribution in [3.05, 3.63) is 69.9 Å². The van der Waals surface area contributed by atoms with Gasteiger partial charge in [-0.05, 0) is 62.6 Å². The number of ether oxygens (including phenoxy) is 1. The maximum Gasteiger partial charge on any atom is 0.277 e. The van der Waals surface area contributed by atoms with Crippen molar-refractivity contribution in [1.29, 1.82) is 0 Å². The molecule has 11 heteroatoms. The van der Waals surface area contributed by atoms with Gasteiger partial charge in [0.05, 0.1) is 22.8 Å². The molecule has 0 aliphatic heterocycles. The Morgan fingerprint density at radius 1 is 1.11 bits per heavy atom. The fraction of sp³-hybridized carbons (Fsp3) is 0.320. The monoisotopic (exact) mass is 511 g/mol. The van der Waals surface area contributed by atoms with Gasteiger partial charge in [0.2, 0.25) is 10.0 Å². The molecule has 0 atom stereocenters. The van der Waals surface area contributed by atoms with Crippen LogP contribution in [0.25, 0.3) is 16.9 Å². The second-order valence-corrected chi connectivity index (χ2v) is 10.1. The normalized spacial score (nSPS) is 11.8. The smallest absolute Gasteiger partial charge is 0.277 e. The van der Waals surface area contributed by atoms with Crippen LogP contribution in [0.2, 0.25) is 0 Å². The first kappa shape index (κ1) is 25.4. The molecular formula is C25H29N5O5S. The number of aromatic amines is 1. The number of phenolic OH excluding ortho intramolecular Hbond substituents is 1. The van der Waals surface area contributed by atoms with E-state index in [9.17, 15) is 18.3 Å². The quantitative estimate of drug-likeness (QED) is 0.297. The number of H-pyrrole nitrogens is 1. The number of nitrogens with one attached hydrogen (secondary N) is 2. The Bertz CT molecular complexity index is 1540. The average molecular weight is 512 g/mol. The minimum absolute atomic E-state index is 0.0185. The molecule has 0 fully saturated rings. The summed E-state index contributed by atoms with van der Waals surface area (Å²) in [4.78, 5) is 20.2. The number of aryl methyl sites for hydroxylation is 2. The number of hydrogen-bond donors (Lipinski definition) is 3. The summed E-state index contributed by atoms with van der Waals surface area (Å²) in [5, 5.41) is 14.0. The van der Waals surface area contributed by atoms with Crippen LogP contribution < -0.4 is 15.0 Å². The van der Waals surface area contributed by atoms with Gasteiger partial charge in [-0.15, -0.1) is 5.10 Å². The van der Waals surface area contributed by atoms with Crippen molar-refractivity contribution in [2.45, 2.75) is 44.9 Å². The fourth-order valence-corrected chi connectivity index (χ4v) is 5.02. The Morgan fingerprint density at radius 3 is 2.56 bits per heavy atom. The van der Waals surface area contributed by atoms with Crippen molar-refractivity contribution in [2.75, 3.05) is 13.2 Å². The van der Waals surface area contributed by atoms with Crippen LogP contribution in [0.4, 0.5) is 0 Å². The minimum Gasteiger partial charge on any atom is -0.508 e. The van der Waals surface area contributed by atoms with Crippen molar-refractivity contribution >= 4 is 15.5 Å². The SMILES string of the molecule is CCCc1nc(C)c2c(=O)[nH]c(-c3cc(S(=O)(=O)NCCc4ccc(O)cc4)ccc3OCC)nn12. The molecule has 36 heavy (non-hydrogen) atoms. The summed E-state index contributed by atoms with van der Waals surface area (Å²) in [6.45, 7) is 6.11. The third-order valence-electron chi connectivity index (χ3n) is 5.67. The van der Waals surface area contributed by atoms with Crippen LogP contribution in [0.3, 0.4) is 0 Å². The lowest BCUT2D eigenvalue weighted by molar-refractivity contribution is 0.341. The summed E-state index contributed by atoms with van der Waals surface area (Å²) in [6, 6.07) is 11.0. The molecule has 190 valence electrons. The van der Waals surface area contributed by atoms with Crippen LogP contribution in [0.5, 0.6) is 11.5 Å². The zero-order valence-corrected chi connectivity index (χ0v) is 21.2. The highest BCUT2D eigenvalue weighted by Crippen LogP contribution is 2.30. The van der Waals surface area contributed by atoms with Crippen molar-refractivity contribution < 1.29 is 18.3 Å². The number of sulfonamides is 1. The van der Waals surface area contributed by atoms with Crippen molar-refractivity contribution in [3.63, 3.8) is 0 Å². The maximum absolute atomic E-state index is 13.1. The molecule has 0 saturated heterocycles. The Labute approximate surface area is 209 Å². The van der Waals surface area contributed by atoms with Crippen LogP contribution in [-0.4, -0.2) is 46.3 Å². The van der Waals surface area contributed by atoms with Crippen LogP contribution in [0.1, 0.15) is 37.4 Å². The van der Waals surface area contributed by atoms with E-state index in [1.165, 1.54) is 16.6 Å². The standard InChI is InChI=1S/C25H29N5O5S/c1-4-6-22-27-16(3)23-25(32)28-24(29-30(22)23)20-15-19(11-12-21(20)35-5-2)36(33,34)26-14-13-17-7-9-18(31)10-8-17/h7-12,15,26,31H,4-6,13-14H2,1-3H3,(H,28,29,32). The molecule has 10 nitrogen and oxygen atoms in total. The molecular weight excluding hydrogens is 482 g/mol. The lowest BCUT2D eigenvalue weighted by Gasteiger charge is -2.13. The number of nitrogens with zero attached hydrogens (tertiary/aromatic N) is 3. The summed E-state index contributed by atoms with van der Waals surface area (Å²) >= 11 is 0. The summed E-state index contributed by atoms with van der Waals surface area (Å²) in [6.07, 6.45) is 1.92. The Morgan fingerprint density at radius 2 is 1.86 bits per heavy atom. The molecule has 0 bridgehead atoms. The van der Waals surface area contributed by atoms with Gasteiger partial charge in [0, 0.05) is 13.0 Å². The molecule has 4 rings (SSSR count). The van der Waals surface area contributed by atoms with Gasteiger partial charge in [-0.3, -0.25) is 4.79 Å². The third kappa shape index (κ3) is 5.26. The predicted octanol–water partition coefficient (Wildman–Crippen LogP) is 2.97. The number of hydrogen-bond acceptors (Lipinski definition) is 7. The number of rotatable bonds is 10. The molecule has 0 radical (unpaired) electrons. The first-order valence-corrected chi connectivity index (χ1v) is 13.2. The first-order chi connectivity index (χ1) is 17.2. The van der Waals surface area contributed by atoms with Gasteiger partial charge in [0.1, 0.15) is 17.3 Å². The fourth-order valence-electron chi connectivity index (χ4n) is 3.96. The van der Waals surface area contributed by atoms with E-state index in [1.54, 1.807) is 37.3 Å². The minimum atomic E-state index is -3.86. The van der Waals surface area contributed by atoms with Crippen LogP contribution in [0, 0.1) is 6.92 Å². The molecule has 2 aromatic heterocycles. The summed E-state index contributed by atoms with van der Waals surface area (Å²) in [5.74, 6) is 1.40. The highest BCUT2D eigenvalue weighted by atomic mass is 32.2. The molecule has 0 unspecified atom stereocenters. The second kappa shape index (κ2) is 10.5. The number of imidazole rings is 1. The number of aromatic hydroxyl groups is 1. The van der Waals surface area contributed by atoms with Gasteiger partial charge in [0.15, 0.2) is 11.3 Å². The molecule has 0 saturated carbocycles. The molecule has 4 aromatic rings. The van der Waals surface area contributed by atoms with Gasteiger partial charge in [-0.1, -0.05) is 19.1 Å². The van der Waals surface area contributed by atoms with Gasteiger partial charge in [-0.25, -0.2) is 22.6 Å². The molecule has 0 aliphatic carbocycles. The summed E-state index contributed by atoms with van der Waals surface area (Å²) in [5.41, 5.74) is 1.82. The highest BCUT2D eigenvalue weighted by Gasteiger charge is 2.20. The lowest BCUT2D eigenvalue weighted by atomic mass is 10.1. The molecule has 2 aromatic carbocycles. The molecule has 0 spiro atoms. The average Bonchev–Trinajstić information content (AvgIpc) is 3.16. The Hall–Kier alpha value is -3.70. The second-order valence-electron chi connectivity index (χ2n) is 8.33. The van der Waals surface area contributed by atoms with Gasteiger partial charge in [0.25, 0.3) is 5.56 Å². The van der Waals surface area contributed by atoms with E-state index < -0.39 is 10.0 Å². The Balaban J connectivity index is 1.70. The van der Waals surface area contributed by atoms with Gasteiger partial charge in [-0.2, -0.15) is 0 Å². The number of aromatic nitrogens is 4. The largest absolute Gasteiger partial charge is 0.508 e. The van der Waals surface area contributed by atoms with Gasteiger partial charge >= 0.3 is 0 Å². The maximum atomic E-state index is 13.1.